The van der Waals surface area contributed by atoms with Gasteiger partial charge >= 0.3 is 0 Å². The smallest absolute Gasteiger partial charge is 0.0330 e. The molecule has 1 aliphatic carbocycles. The van der Waals surface area contributed by atoms with Crippen LogP contribution in [0.5, 0.6) is 0 Å². The molecule has 2 aromatic rings. The van der Waals surface area contributed by atoms with E-state index >= 15 is 0 Å². The highest BCUT2D eigenvalue weighted by molar-refractivity contribution is 5.17. The molecule has 0 aromatic heterocycles. The van der Waals surface area contributed by atoms with E-state index in [1.807, 2.05) is 0 Å². The van der Waals surface area contributed by atoms with E-state index in [4.69, 9.17) is 0 Å². The molecule has 0 saturated heterocycles. The van der Waals surface area contributed by atoms with E-state index in [0.29, 0.717) is 5.54 Å². The Labute approximate surface area is 140 Å². The molecular formula is C21H28N2. The Hall–Kier alpha value is -1.64. The number of nitrogens with zero attached hydrogens (tertiary/aromatic N) is 2. The molecule has 1 saturated carbocycles. The first-order chi connectivity index (χ1) is 11.2. The molecule has 2 nitrogen and oxygen atoms in total. The van der Waals surface area contributed by atoms with Crippen LogP contribution in [0.4, 0.5) is 0 Å². The fraction of sp³-hybridized carbons (Fsp3) is 0.429. The van der Waals surface area contributed by atoms with Crippen LogP contribution in [-0.2, 0) is 13.1 Å². The normalized spacial score (nSPS) is 16.5. The van der Waals surface area contributed by atoms with E-state index in [1.54, 1.807) is 0 Å². The first kappa shape index (κ1) is 16.2. The summed E-state index contributed by atoms with van der Waals surface area (Å²) in [5.74, 6) is 0. The molecule has 0 amide bonds. The number of hydrogen-bond acceptors (Lipinski definition) is 2. The maximum Gasteiger partial charge on any atom is 0.0330 e. The summed E-state index contributed by atoms with van der Waals surface area (Å²) in [7, 11) is 4.48. The van der Waals surface area contributed by atoms with Crippen molar-refractivity contribution in [1.82, 2.24) is 9.80 Å². The van der Waals surface area contributed by atoms with Crippen LogP contribution < -0.4 is 0 Å². The zero-order valence-corrected chi connectivity index (χ0v) is 14.4. The minimum atomic E-state index is 0.365. The largest absolute Gasteiger partial charge is 0.302 e. The van der Waals surface area contributed by atoms with Crippen molar-refractivity contribution < 1.29 is 0 Å². The molecule has 0 N–H and O–H groups in total. The second-order valence-corrected chi connectivity index (χ2v) is 7.09. The highest BCUT2D eigenvalue weighted by atomic mass is 15.2. The van der Waals surface area contributed by atoms with E-state index in [0.717, 1.165) is 19.6 Å². The number of rotatable bonds is 7. The highest BCUT2D eigenvalue weighted by Crippen LogP contribution is 2.37. The van der Waals surface area contributed by atoms with Crippen molar-refractivity contribution in [2.45, 2.75) is 37.9 Å². The lowest BCUT2D eigenvalue weighted by Gasteiger charge is -2.50. The lowest BCUT2D eigenvalue weighted by atomic mass is 9.75. The minimum absolute atomic E-state index is 0.365. The minimum Gasteiger partial charge on any atom is -0.302 e. The van der Waals surface area contributed by atoms with Gasteiger partial charge in [0.05, 0.1) is 0 Å². The third-order valence-electron chi connectivity index (χ3n) is 5.25. The molecule has 0 atom stereocenters. The maximum absolute atomic E-state index is 2.61. The van der Waals surface area contributed by atoms with E-state index in [-0.39, 0.29) is 0 Å². The number of benzene rings is 2. The van der Waals surface area contributed by atoms with Gasteiger partial charge in [0.2, 0.25) is 0 Å². The quantitative estimate of drug-likeness (QED) is 0.757. The Morgan fingerprint density at radius 1 is 0.783 bits per heavy atom. The average Bonchev–Trinajstić information content (AvgIpc) is 2.52. The van der Waals surface area contributed by atoms with Crippen LogP contribution in [0, 0.1) is 0 Å². The van der Waals surface area contributed by atoms with Gasteiger partial charge in [0.25, 0.3) is 0 Å². The Kier molecular flexibility index (Phi) is 5.14. The van der Waals surface area contributed by atoms with Gasteiger partial charge in [0.15, 0.2) is 0 Å². The molecular weight excluding hydrogens is 280 g/mol. The van der Waals surface area contributed by atoms with Gasteiger partial charge in [0.1, 0.15) is 0 Å². The summed E-state index contributed by atoms with van der Waals surface area (Å²) in [4.78, 5) is 5.06. The van der Waals surface area contributed by atoms with Crippen molar-refractivity contribution in [3.05, 3.63) is 71.8 Å². The lowest BCUT2D eigenvalue weighted by Crippen LogP contribution is -2.57. The van der Waals surface area contributed by atoms with E-state index in [9.17, 15) is 0 Å². The van der Waals surface area contributed by atoms with Crippen LogP contribution in [0.1, 0.15) is 30.4 Å². The molecule has 0 bridgehead atoms. The van der Waals surface area contributed by atoms with Crippen LogP contribution in [0.3, 0.4) is 0 Å². The molecule has 0 spiro atoms. The van der Waals surface area contributed by atoms with Gasteiger partial charge in [-0.25, -0.2) is 0 Å². The van der Waals surface area contributed by atoms with Gasteiger partial charge in [-0.1, -0.05) is 60.7 Å². The number of likely N-dealkylation sites (N-methyl/N-ethyl adjacent to an activating group) is 1. The van der Waals surface area contributed by atoms with Crippen LogP contribution in [0.25, 0.3) is 0 Å². The molecule has 1 fully saturated rings. The number of hydrogen-bond donors (Lipinski definition) is 0. The fourth-order valence-corrected chi connectivity index (χ4v) is 3.60. The van der Waals surface area contributed by atoms with Gasteiger partial charge in [0, 0.05) is 25.2 Å². The summed E-state index contributed by atoms with van der Waals surface area (Å²) in [6, 6.07) is 21.7. The van der Waals surface area contributed by atoms with Crippen LogP contribution >= 0.6 is 0 Å². The molecule has 23 heavy (non-hydrogen) atoms. The van der Waals surface area contributed by atoms with Crippen LogP contribution in [0.2, 0.25) is 0 Å². The lowest BCUT2D eigenvalue weighted by molar-refractivity contribution is 0.0154. The third-order valence-corrected chi connectivity index (χ3v) is 5.25. The van der Waals surface area contributed by atoms with Gasteiger partial charge in [-0.3, -0.25) is 4.90 Å². The summed E-state index contributed by atoms with van der Waals surface area (Å²) in [6.07, 6.45) is 4.00. The van der Waals surface area contributed by atoms with Crippen molar-refractivity contribution in [3.8, 4) is 0 Å². The summed E-state index contributed by atoms with van der Waals surface area (Å²) in [5.41, 5.74) is 3.16. The van der Waals surface area contributed by atoms with Crippen LogP contribution in [0.15, 0.2) is 60.7 Å². The Morgan fingerprint density at radius 3 is 1.61 bits per heavy atom. The van der Waals surface area contributed by atoms with Gasteiger partial charge in [-0.15, -0.1) is 0 Å². The summed E-state index contributed by atoms with van der Waals surface area (Å²) in [6.45, 7) is 3.18. The fourth-order valence-electron chi connectivity index (χ4n) is 3.60. The molecule has 0 heterocycles. The van der Waals surface area contributed by atoms with Crippen molar-refractivity contribution >= 4 is 0 Å². The monoisotopic (exact) mass is 308 g/mol. The van der Waals surface area contributed by atoms with Crippen LogP contribution in [-0.4, -0.2) is 36.0 Å². The maximum atomic E-state index is 2.61. The zero-order valence-electron chi connectivity index (χ0n) is 14.4. The third kappa shape index (κ3) is 4.01. The highest BCUT2D eigenvalue weighted by Gasteiger charge is 2.40. The Morgan fingerprint density at radius 2 is 1.26 bits per heavy atom. The van der Waals surface area contributed by atoms with E-state index in [2.05, 4.69) is 84.6 Å². The Balaban J connectivity index is 1.75. The molecule has 1 aliphatic rings. The van der Waals surface area contributed by atoms with Crippen molar-refractivity contribution in [2.75, 3.05) is 20.6 Å². The van der Waals surface area contributed by atoms with Gasteiger partial charge in [-0.05, 0) is 44.5 Å². The summed E-state index contributed by atoms with van der Waals surface area (Å²) in [5, 5.41) is 0. The second-order valence-electron chi connectivity index (χ2n) is 7.09. The predicted molar refractivity (Wildman–Crippen MR) is 97.3 cm³/mol. The Bertz CT molecular complexity index is 546. The second kappa shape index (κ2) is 7.29. The summed E-state index contributed by atoms with van der Waals surface area (Å²) < 4.78 is 0. The molecule has 122 valence electrons. The SMILES string of the molecule is CN(C)C1(CN(Cc2ccccc2)Cc2ccccc2)CCC1. The first-order valence-electron chi connectivity index (χ1n) is 8.66. The van der Waals surface area contributed by atoms with Crippen molar-refractivity contribution in [2.24, 2.45) is 0 Å². The molecule has 0 aliphatic heterocycles. The summed E-state index contributed by atoms with van der Waals surface area (Å²) >= 11 is 0. The van der Waals surface area contributed by atoms with Crippen molar-refractivity contribution in [1.29, 1.82) is 0 Å². The predicted octanol–water partition coefficient (Wildman–Crippen LogP) is 4.17. The molecule has 2 heteroatoms. The first-order valence-corrected chi connectivity index (χ1v) is 8.66. The van der Waals surface area contributed by atoms with Gasteiger partial charge in [-0.2, -0.15) is 0 Å². The molecule has 0 unspecified atom stereocenters. The zero-order chi connectivity index (χ0) is 16.1. The van der Waals surface area contributed by atoms with Crippen molar-refractivity contribution in [3.63, 3.8) is 0 Å². The standard InChI is InChI=1S/C21H28N2/c1-22(2)21(14-9-15-21)18-23(16-19-10-5-3-6-11-19)17-20-12-7-4-8-13-20/h3-8,10-13H,9,14-18H2,1-2H3. The molecule has 2 aromatic carbocycles. The molecule has 3 rings (SSSR count). The van der Waals surface area contributed by atoms with E-state index in [1.165, 1.54) is 30.4 Å². The van der Waals surface area contributed by atoms with Gasteiger partial charge < -0.3 is 4.90 Å². The van der Waals surface area contributed by atoms with E-state index < -0.39 is 0 Å². The average molecular weight is 308 g/mol. The molecule has 0 radical (unpaired) electrons. The topological polar surface area (TPSA) is 6.48 Å².